The van der Waals surface area contributed by atoms with Gasteiger partial charge in [-0.1, -0.05) is 12.1 Å². The molecule has 0 aliphatic heterocycles. The Bertz CT molecular complexity index is 745. The average Bonchev–Trinajstić information content (AvgIpc) is 3.17. The Labute approximate surface area is 132 Å². The summed E-state index contributed by atoms with van der Waals surface area (Å²) in [6, 6.07) is 11.4. The van der Waals surface area contributed by atoms with Gasteiger partial charge in [0.15, 0.2) is 16.5 Å². The van der Waals surface area contributed by atoms with Crippen LogP contribution in [0.2, 0.25) is 0 Å². The number of carbonyl (C=O) groups excluding carboxylic acids is 1. The van der Waals surface area contributed by atoms with Crippen LogP contribution >= 0.6 is 11.3 Å². The van der Waals surface area contributed by atoms with Crippen molar-refractivity contribution in [2.24, 2.45) is 0 Å². The van der Waals surface area contributed by atoms with Crippen molar-refractivity contribution in [2.45, 2.75) is 6.42 Å². The zero-order valence-electron chi connectivity index (χ0n) is 12.3. The Kier molecular flexibility index (Phi) is 4.50. The van der Waals surface area contributed by atoms with Crippen molar-refractivity contribution in [2.75, 3.05) is 20.1 Å². The SMILES string of the molecule is CNCCCNC(=O)c1ccc(-c2nc3ccccc3s2)o1. The van der Waals surface area contributed by atoms with Gasteiger partial charge in [-0.25, -0.2) is 4.98 Å². The number of furan rings is 1. The summed E-state index contributed by atoms with van der Waals surface area (Å²) in [5.41, 5.74) is 0.942. The van der Waals surface area contributed by atoms with Crippen molar-refractivity contribution in [1.82, 2.24) is 15.6 Å². The molecule has 0 bridgehead atoms. The fourth-order valence-corrected chi connectivity index (χ4v) is 3.03. The number of nitrogens with zero attached hydrogens (tertiary/aromatic N) is 1. The lowest BCUT2D eigenvalue weighted by Gasteiger charge is -2.02. The van der Waals surface area contributed by atoms with Crippen LogP contribution in [0.4, 0.5) is 0 Å². The minimum Gasteiger partial charge on any atom is -0.448 e. The first-order valence-corrected chi connectivity index (χ1v) is 7.98. The molecule has 6 heteroatoms. The zero-order chi connectivity index (χ0) is 15.4. The predicted molar refractivity (Wildman–Crippen MR) is 88.2 cm³/mol. The predicted octanol–water partition coefficient (Wildman–Crippen LogP) is 2.90. The number of nitrogens with one attached hydrogen (secondary N) is 2. The summed E-state index contributed by atoms with van der Waals surface area (Å²) < 4.78 is 6.74. The second kappa shape index (κ2) is 6.72. The molecule has 0 saturated carbocycles. The van der Waals surface area contributed by atoms with E-state index in [1.165, 1.54) is 0 Å². The van der Waals surface area contributed by atoms with Gasteiger partial charge in [-0.3, -0.25) is 4.79 Å². The van der Waals surface area contributed by atoms with Gasteiger partial charge < -0.3 is 15.1 Å². The van der Waals surface area contributed by atoms with Gasteiger partial charge in [0.1, 0.15) is 0 Å². The Morgan fingerprint density at radius 3 is 2.91 bits per heavy atom. The van der Waals surface area contributed by atoms with Crippen molar-refractivity contribution in [1.29, 1.82) is 0 Å². The van der Waals surface area contributed by atoms with Crippen LogP contribution in [0, 0.1) is 0 Å². The second-order valence-electron chi connectivity index (χ2n) is 4.86. The minimum absolute atomic E-state index is 0.191. The van der Waals surface area contributed by atoms with E-state index in [-0.39, 0.29) is 5.91 Å². The molecule has 5 nitrogen and oxygen atoms in total. The van der Waals surface area contributed by atoms with Gasteiger partial charge in [0.05, 0.1) is 10.2 Å². The molecule has 0 aliphatic rings. The number of hydrogen-bond donors (Lipinski definition) is 2. The van der Waals surface area contributed by atoms with Crippen molar-refractivity contribution in [3.05, 3.63) is 42.2 Å². The van der Waals surface area contributed by atoms with E-state index in [2.05, 4.69) is 15.6 Å². The second-order valence-corrected chi connectivity index (χ2v) is 5.89. The molecule has 22 heavy (non-hydrogen) atoms. The Balaban J connectivity index is 1.71. The quantitative estimate of drug-likeness (QED) is 0.686. The van der Waals surface area contributed by atoms with Crippen molar-refractivity contribution in [3.8, 4) is 10.8 Å². The first kappa shape index (κ1) is 14.7. The van der Waals surface area contributed by atoms with Crippen molar-refractivity contribution < 1.29 is 9.21 Å². The van der Waals surface area contributed by atoms with Crippen LogP contribution in [0.1, 0.15) is 17.0 Å². The fraction of sp³-hybridized carbons (Fsp3) is 0.250. The maximum absolute atomic E-state index is 12.0. The smallest absolute Gasteiger partial charge is 0.287 e. The molecular weight excluding hydrogens is 298 g/mol. The van der Waals surface area contributed by atoms with Crippen molar-refractivity contribution >= 4 is 27.5 Å². The summed E-state index contributed by atoms with van der Waals surface area (Å²) in [6.07, 6.45) is 0.883. The molecule has 1 amide bonds. The highest BCUT2D eigenvalue weighted by Gasteiger charge is 2.14. The van der Waals surface area contributed by atoms with E-state index in [9.17, 15) is 4.79 Å². The van der Waals surface area contributed by atoms with Crippen LogP contribution in [-0.2, 0) is 0 Å². The largest absolute Gasteiger partial charge is 0.448 e. The molecule has 3 aromatic rings. The van der Waals surface area contributed by atoms with Crippen LogP contribution in [0.3, 0.4) is 0 Å². The van der Waals surface area contributed by atoms with Crippen molar-refractivity contribution in [3.63, 3.8) is 0 Å². The number of aromatic nitrogens is 1. The number of fused-ring (bicyclic) bond motifs is 1. The normalized spacial score (nSPS) is 11.0. The highest BCUT2D eigenvalue weighted by atomic mass is 32.1. The maximum Gasteiger partial charge on any atom is 0.287 e. The molecular formula is C16H17N3O2S. The van der Waals surface area contributed by atoms with Gasteiger partial charge in [0.25, 0.3) is 5.91 Å². The molecule has 0 fully saturated rings. The van der Waals surface area contributed by atoms with E-state index in [1.807, 2.05) is 31.3 Å². The molecule has 114 valence electrons. The van der Waals surface area contributed by atoms with E-state index in [4.69, 9.17) is 4.42 Å². The third kappa shape index (κ3) is 3.18. The summed E-state index contributed by atoms with van der Waals surface area (Å²) >= 11 is 1.56. The molecule has 2 heterocycles. The lowest BCUT2D eigenvalue weighted by Crippen LogP contribution is -2.26. The Hall–Kier alpha value is -2.18. The number of hydrogen-bond acceptors (Lipinski definition) is 5. The van der Waals surface area contributed by atoms with Gasteiger partial charge in [-0.05, 0) is 44.3 Å². The molecule has 0 atom stereocenters. The van der Waals surface area contributed by atoms with Crippen LogP contribution in [0.25, 0.3) is 21.0 Å². The van der Waals surface area contributed by atoms with E-state index in [0.29, 0.717) is 18.1 Å². The highest BCUT2D eigenvalue weighted by molar-refractivity contribution is 7.21. The Morgan fingerprint density at radius 2 is 2.09 bits per heavy atom. The lowest BCUT2D eigenvalue weighted by molar-refractivity contribution is 0.0926. The first-order valence-electron chi connectivity index (χ1n) is 7.16. The summed E-state index contributed by atoms with van der Waals surface area (Å²) in [5.74, 6) is 0.753. The number of amides is 1. The number of thiazole rings is 1. The van der Waals surface area contributed by atoms with Crippen LogP contribution in [0.15, 0.2) is 40.8 Å². The third-order valence-electron chi connectivity index (χ3n) is 3.22. The average molecular weight is 315 g/mol. The summed E-state index contributed by atoms with van der Waals surface area (Å²) in [7, 11) is 1.89. The third-order valence-corrected chi connectivity index (χ3v) is 4.27. The van der Waals surface area contributed by atoms with E-state index >= 15 is 0 Å². The zero-order valence-corrected chi connectivity index (χ0v) is 13.1. The maximum atomic E-state index is 12.0. The number of carbonyl (C=O) groups is 1. The van der Waals surface area contributed by atoms with Gasteiger partial charge in [0, 0.05) is 6.54 Å². The number of para-hydroxylation sites is 1. The highest BCUT2D eigenvalue weighted by Crippen LogP contribution is 2.30. The molecule has 0 saturated heterocycles. The van der Waals surface area contributed by atoms with Crippen LogP contribution in [-0.4, -0.2) is 31.0 Å². The van der Waals surface area contributed by atoms with E-state index in [1.54, 1.807) is 23.5 Å². The Morgan fingerprint density at radius 1 is 1.23 bits per heavy atom. The molecule has 2 aromatic heterocycles. The standard InChI is InChI=1S/C16H17N3O2S/c1-17-9-4-10-18-15(20)12-7-8-13(21-12)16-19-11-5-2-3-6-14(11)22-16/h2-3,5-8,17H,4,9-10H2,1H3,(H,18,20). The molecule has 2 N–H and O–H groups in total. The lowest BCUT2D eigenvalue weighted by atomic mass is 10.3. The topological polar surface area (TPSA) is 67.2 Å². The summed E-state index contributed by atoms with van der Waals surface area (Å²) in [5, 5.41) is 6.66. The summed E-state index contributed by atoms with van der Waals surface area (Å²) in [6.45, 7) is 1.49. The molecule has 1 aromatic carbocycles. The first-order chi connectivity index (χ1) is 10.8. The van der Waals surface area contributed by atoms with E-state index in [0.717, 1.165) is 28.2 Å². The molecule has 0 radical (unpaired) electrons. The molecule has 3 rings (SSSR count). The van der Waals surface area contributed by atoms with Crippen LogP contribution in [0.5, 0.6) is 0 Å². The minimum atomic E-state index is -0.191. The van der Waals surface area contributed by atoms with Crippen LogP contribution < -0.4 is 10.6 Å². The molecule has 0 aliphatic carbocycles. The van der Waals surface area contributed by atoms with Gasteiger partial charge in [-0.15, -0.1) is 11.3 Å². The summed E-state index contributed by atoms with van der Waals surface area (Å²) in [4.78, 5) is 16.5. The van der Waals surface area contributed by atoms with Gasteiger partial charge in [0.2, 0.25) is 0 Å². The monoisotopic (exact) mass is 315 g/mol. The number of rotatable bonds is 6. The molecule has 0 unspecified atom stereocenters. The molecule has 0 spiro atoms. The number of benzene rings is 1. The van der Waals surface area contributed by atoms with Gasteiger partial charge in [-0.2, -0.15) is 0 Å². The van der Waals surface area contributed by atoms with Gasteiger partial charge >= 0.3 is 0 Å². The van der Waals surface area contributed by atoms with E-state index < -0.39 is 0 Å². The fourth-order valence-electron chi connectivity index (χ4n) is 2.11.